The number of carbonyl (C=O) groups is 20. The molecule has 0 N–H and O–H groups in total. The molecular formula is C98H145N7O36. The first-order valence-electron chi connectivity index (χ1n) is 42.3. The van der Waals surface area contributed by atoms with Crippen molar-refractivity contribution in [3.63, 3.8) is 0 Å². The van der Waals surface area contributed by atoms with Gasteiger partial charge in [0.15, 0.2) is 22.9 Å². The molecule has 4 aliphatic heterocycles. The van der Waals surface area contributed by atoms with Crippen LogP contribution in [0, 0.1) is 22.7 Å². The summed E-state index contributed by atoms with van der Waals surface area (Å²) in [4.78, 5) is 231. The number of rotatable bonds is 21. The van der Waals surface area contributed by atoms with Gasteiger partial charge in [-0.2, -0.15) is 10.5 Å². The number of hydrogen-bond donors (Lipinski definition) is 0. The number of esters is 16. The van der Waals surface area contributed by atoms with E-state index in [1.54, 1.807) is 210 Å². The Labute approximate surface area is 827 Å². The Morgan fingerprint density at radius 3 is 0.922 bits per heavy atom. The van der Waals surface area contributed by atoms with Crippen molar-refractivity contribution in [2.75, 3.05) is 156 Å². The second-order valence-electron chi connectivity index (χ2n) is 33.4. The van der Waals surface area contributed by atoms with Crippen LogP contribution in [0.15, 0.2) is 138 Å². The number of ketones is 4. The molecule has 0 spiro atoms. The van der Waals surface area contributed by atoms with Crippen molar-refractivity contribution in [3.05, 3.63) is 138 Å². The highest BCUT2D eigenvalue weighted by Crippen LogP contribution is 2.31. The summed E-state index contributed by atoms with van der Waals surface area (Å²) in [6, 6.07) is 3.57. The third kappa shape index (κ3) is 59.1. The van der Waals surface area contributed by atoms with E-state index in [4.69, 9.17) is 29.5 Å². The normalized spacial score (nSPS) is 14.6. The molecule has 0 atom stereocenters. The quantitative estimate of drug-likeness (QED) is 0.0197. The Morgan fingerprint density at radius 1 is 0.355 bits per heavy atom. The third-order valence-electron chi connectivity index (χ3n) is 17.0. The van der Waals surface area contributed by atoms with Crippen molar-refractivity contribution in [1.29, 1.82) is 10.5 Å². The van der Waals surface area contributed by atoms with Crippen molar-refractivity contribution in [1.82, 2.24) is 24.5 Å². The lowest BCUT2D eigenvalue weighted by Crippen LogP contribution is -2.40. The van der Waals surface area contributed by atoms with Gasteiger partial charge in [-0.1, -0.05) is 29.7 Å². The van der Waals surface area contributed by atoms with Crippen LogP contribution < -0.4 is 0 Å². The summed E-state index contributed by atoms with van der Waals surface area (Å²) in [6.45, 7) is 32.7. The number of carbonyl (C=O) groups excluding carboxylic acids is 20. The number of methoxy groups -OCH3 is 12. The van der Waals surface area contributed by atoms with Crippen molar-refractivity contribution in [3.8, 4) is 12.1 Å². The first-order valence-corrected chi connectivity index (χ1v) is 42.3. The molecule has 141 heavy (non-hydrogen) atoms. The van der Waals surface area contributed by atoms with E-state index in [-0.39, 0.29) is 105 Å². The Morgan fingerprint density at radius 2 is 0.660 bits per heavy atom. The first-order chi connectivity index (χ1) is 64.8. The lowest BCUT2D eigenvalue weighted by atomic mass is 9.91. The van der Waals surface area contributed by atoms with Gasteiger partial charge in [0, 0.05) is 88.8 Å². The zero-order valence-electron chi connectivity index (χ0n) is 89.4. The number of hydrogen-bond acceptors (Lipinski definition) is 43. The molecule has 4 heterocycles. The van der Waals surface area contributed by atoms with E-state index in [9.17, 15) is 95.9 Å². The summed E-state index contributed by atoms with van der Waals surface area (Å²) in [5, 5.41) is 17.1. The van der Waals surface area contributed by atoms with Gasteiger partial charge in [-0.15, -0.1) is 0 Å². The topological polar surface area (TPSA) is 553 Å². The van der Waals surface area contributed by atoms with Crippen LogP contribution >= 0.6 is 0 Å². The SMILES string of the molecule is C/C(=C1\C(=O)CC(C)(C)OC1=O)N(C)C.CC(/C=C/N(C)C)=C1\C(=O)CC(C)(C)OC1=O.CC(C)=C1C(=O)CC(C)(C)OC1=O.CC1(C)CC(=O)CC(=O)O1.CCC=C(C(=O)OC)C(=O)OC.COC(=O)/C(C#N)=C(C)\C=C\N(C)C.COC(=O)C(=CN(C)C)C(=O)OC.COC(=O)C(C#N)=C(C)C.COC(=O)C(C(=O)OC)=C(C)/C=C/N(C)C.COC(=O)C(C(=O)OC)=C(C)C.COC(=O)CC(=O)OC. The highest BCUT2D eigenvalue weighted by Gasteiger charge is 2.41. The maximum atomic E-state index is 11.9. The highest BCUT2D eigenvalue weighted by molar-refractivity contribution is 6.22. The van der Waals surface area contributed by atoms with Crippen LogP contribution in [0.2, 0.25) is 0 Å². The lowest BCUT2D eigenvalue weighted by Gasteiger charge is -2.31. The van der Waals surface area contributed by atoms with Crippen LogP contribution in [0.1, 0.15) is 176 Å². The first kappa shape index (κ1) is 139. The fraction of sp³-hybridized carbons (Fsp3) is 0.531. The van der Waals surface area contributed by atoms with Crippen LogP contribution in [0.25, 0.3) is 0 Å². The fourth-order valence-electron chi connectivity index (χ4n) is 10.1. The Hall–Kier alpha value is -14.9. The van der Waals surface area contributed by atoms with Gasteiger partial charge < -0.3 is 100 Å². The van der Waals surface area contributed by atoms with E-state index in [2.05, 4.69) is 56.8 Å². The van der Waals surface area contributed by atoms with Crippen molar-refractivity contribution >= 4 is 119 Å². The van der Waals surface area contributed by atoms with Gasteiger partial charge in [0.1, 0.15) is 97.8 Å². The summed E-state index contributed by atoms with van der Waals surface area (Å²) in [5.41, 5.74) is 2.14. The number of nitriles is 2. The standard InChI is InChI=1S/C13H19NO3.C11H17NO4.C11H17NO3.C10H14N2O2.C10H14O3.C8H13NO4.2C8H12O4.C7H9NO2.C7H10O3.C5H8O4/c1-9(6-7-14(4)5)11-10(15)8-13(2,3)17-12(11)16;1-8(6-7-12(2)3)9(10(13)15-4)11(14)16-5;1-7(12(4)5)9-8(13)6-11(2,3)15-10(9)14;1-8(5-6-12(2)3)9(7-11)10(13)14-4;1-6(2)8-7(11)5-10(3,4)13-9(8)12;1-9(2)5-6(7(10)12-3)8(11)13-4;1-5(2)6(7(9)11-3)8(10)12-4;1-4-5-6(7(9)11-2)8(10)12-3;1-5(2)6(4-8)7(9)10-3;1-7(2)4-5(8)3-6(9)10-7;1-8-4(6)3-5(7)9-2/h6-7H,8H2,1-5H3;6-7H,1-5H3;6H2,1-5H3;5-6H,1-4H3;5H2,1-4H3;5H,1-4H3;1-4H3;5H,4H2,1-3H3;1-3H3;3-4H2,1-2H3;3H2,1-2H3/b7-6+,11-9-;7-6+;9-7-;6-5+,9-8-;;;;;;;. The summed E-state index contributed by atoms with van der Waals surface area (Å²) in [7, 11) is 32.7. The summed E-state index contributed by atoms with van der Waals surface area (Å²) < 4.78 is 73.0. The molecule has 4 rings (SSSR count). The van der Waals surface area contributed by atoms with Gasteiger partial charge in [0.05, 0.1) is 105 Å². The average Bonchev–Trinajstić information content (AvgIpc) is 0.811. The second-order valence-corrected chi connectivity index (χ2v) is 33.4. The molecule has 0 aromatic carbocycles. The van der Waals surface area contributed by atoms with Crippen LogP contribution in [-0.2, 0) is 172 Å². The van der Waals surface area contributed by atoms with Crippen LogP contribution in [0.3, 0.4) is 0 Å². The van der Waals surface area contributed by atoms with E-state index in [0.717, 1.165) is 5.57 Å². The predicted molar refractivity (Wildman–Crippen MR) is 512 cm³/mol. The number of Topliss-reactive ketones (excluding diaryl/α,β-unsaturated/α-hetero) is 4. The van der Waals surface area contributed by atoms with E-state index >= 15 is 0 Å². The zero-order valence-corrected chi connectivity index (χ0v) is 89.4. The largest absolute Gasteiger partial charge is 0.469 e. The minimum absolute atomic E-state index is 0.0266. The molecule has 0 aliphatic carbocycles. The number of cyclic esters (lactones) is 4. The average molecular weight is 2000 g/mol. The molecule has 0 aromatic heterocycles. The molecule has 4 saturated heterocycles. The molecule has 43 nitrogen and oxygen atoms in total. The van der Waals surface area contributed by atoms with Crippen LogP contribution in [-0.4, -0.2) is 321 Å². The number of allylic oxidation sites excluding steroid dienone is 11. The third-order valence-corrected chi connectivity index (χ3v) is 17.0. The smallest absolute Gasteiger partial charge is 0.348 e. The van der Waals surface area contributed by atoms with Gasteiger partial charge in [0.25, 0.3) is 0 Å². The number of nitrogens with zero attached hydrogens (tertiary/aromatic N) is 7. The van der Waals surface area contributed by atoms with Crippen LogP contribution in [0.4, 0.5) is 0 Å². The van der Waals surface area contributed by atoms with Gasteiger partial charge in [-0.05, 0) is 185 Å². The molecule has 4 fully saturated rings. The van der Waals surface area contributed by atoms with E-state index in [1.807, 2.05) is 65.1 Å². The van der Waals surface area contributed by atoms with E-state index in [1.165, 1.54) is 97.6 Å². The molecule has 0 saturated carbocycles. The molecule has 0 aromatic rings. The van der Waals surface area contributed by atoms with Gasteiger partial charge in [0.2, 0.25) is 0 Å². The Bertz CT molecular complexity index is 4740. The van der Waals surface area contributed by atoms with Crippen LogP contribution in [0.5, 0.6) is 0 Å². The maximum Gasteiger partial charge on any atom is 0.348 e. The second kappa shape index (κ2) is 70.6. The van der Waals surface area contributed by atoms with E-state index in [0.29, 0.717) is 46.4 Å². The summed E-state index contributed by atoms with van der Waals surface area (Å²) in [6.07, 6.45) is 14.5. The molecule has 0 bridgehead atoms. The summed E-state index contributed by atoms with van der Waals surface area (Å²) in [5.74, 6) is -10.1. The molecular weight excluding hydrogens is 1850 g/mol. The molecule has 788 valence electrons. The predicted octanol–water partition coefficient (Wildman–Crippen LogP) is 8.73. The monoisotopic (exact) mass is 2000 g/mol. The van der Waals surface area contributed by atoms with Gasteiger partial charge in [-0.3, -0.25) is 33.6 Å². The summed E-state index contributed by atoms with van der Waals surface area (Å²) >= 11 is 0. The Kier molecular flexibility index (Phi) is 69.7. The van der Waals surface area contributed by atoms with Crippen molar-refractivity contribution in [2.24, 2.45) is 0 Å². The molecule has 0 unspecified atom stereocenters. The molecule has 0 radical (unpaired) electrons. The zero-order chi connectivity index (χ0) is 112. The molecule has 43 heteroatoms. The molecule has 4 aliphatic rings. The molecule has 0 amide bonds. The van der Waals surface area contributed by atoms with Gasteiger partial charge >= 0.3 is 95.5 Å². The van der Waals surface area contributed by atoms with Gasteiger partial charge in [-0.25, -0.2) is 62.3 Å². The minimum atomic E-state index is -0.708. The Balaban J connectivity index is -0.000000281. The fourth-order valence-corrected chi connectivity index (χ4v) is 10.1. The minimum Gasteiger partial charge on any atom is -0.469 e. The lowest BCUT2D eigenvalue weighted by molar-refractivity contribution is -0.167. The maximum absolute atomic E-state index is 11.9. The highest BCUT2D eigenvalue weighted by atomic mass is 16.6. The van der Waals surface area contributed by atoms with Crippen molar-refractivity contribution in [2.45, 2.75) is 199 Å². The van der Waals surface area contributed by atoms with E-state index < -0.39 is 118 Å². The van der Waals surface area contributed by atoms with Crippen molar-refractivity contribution < 1.29 is 172 Å². The number of ether oxygens (including phenoxy) is 16.